The molecule has 1 atom stereocenters. The first-order valence-corrected chi connectivity index (χ1v) is 10.6. The van der Waals surface area contributed by atoms with E-state index in [0.29, 0.717) is 18.1 Å². The number of rotatable bonds is 4. The Kier molecular flexibility index (Phi) is 4.66. The second-order valence-electron chi connectivity index (χ2n) is 7.20. The van der Waals surface area contributed by atoms with E-state index in [1.807, 2.05) is 29.2 Å². The third-order valence-electron chi connectivity index (χ3n) is 5.54. The maximum Gasteiger partial charge on any atom is 0.325 e. The Bertz CT molecular complexity index is 1200. The lowest BCUT2D eigenvalue weighted by Crippen LogP contribution is -2.49. The normalized spacial score (nSPS) is 16.5. The Morgan fingerprint density at radius 2 is 1.93 bits per heavy atom. The first-order valence-electron chi connectivity index (χ1n) is 9.44. The van der Waals surface area contributed by atoms with Crippen molar-refractivity contribution in [1.29, 1.82) is 0 Å². The van der Waals surface area contributed by atoms with Crippen LogP contribution in [-0.2, 0) is 4.79 Å². The highest BCUT2D eigenvalue weighted by atomic mass is 35.5. The van der Waals surface area contributed by atoms with E-state index in [0.717, 1.165) is 40.8 Å². The molecule has 2 N–H and O–H groups in total. The molecule has 5 rings (SSSR count). The minimum atomic E-state index is -0.849. The van der Waals surface area contributed by atoms with Crippen LogP contribution < -0.4 is 4.90 Å². The topological polar surface area (TPSA) is 72.5 Å². The van der Waals surface area contributed by atoms with Crippen LogP contribution >= 0.6 is 23.1 Å². The summed E-state index contributed by atoms with van der Waals surface area (Å²) in [5.41, 5.74) is 1.64. The molecule has 0 unspecified atom stereocenters. The molecule has 4 aromatic rings. The van der Waals surface area contributed by atoms with Gasteiger partial charge < -0.3 is 15.0 Å². The number of piperazine rings is 1. The van der Waals surface area contributed by atoms with Crippen LogP contribution in [0, 0.1) is 0 Å². The summed E-state index contributed by atoms with van der Waals surface area (Å²) in [4.78, 5) is 19.6. The van der Waals surface area contributed by atoms with E-state index in [-0.39, 0.29) is 0 Å². The zero-order valence-electron chi connectivity index (χ0n) is 15.5. The molecule has 29 heavy (non-hydrogen) atoms. The Balaban J connectivity index is 1.40. The van der Waals surface area contributed by atoms with Crippen molar-refractivity contribution in [2.75, 3.05) is 31.1 Å². The number of carboxylic acids is 1. The SMILES string of the molecule is O=C(O)[C@@H](c1c[nH]c2ccc(Cl)cc12)N1CCN(c2nsc3ccccc23)CC1. The van der Waals surface area contributed by atoms with Crippen LogP contribution in [0.3, 0.4) is 0 Å². The van der Waals surface area contributed by atoms with Crippen LogP contribution in [0.15, 0.2) is 48.7 Å². The molecule has 1 aliphatic heterocycles. The van der Waals surface area contributed by atoms with Crippen molar-refractivity contribution in [1.82, 2.24) is 14.3 Å². The number of benzene rings is 2. The molecule has 0 saturated carbocycles. The summed E-state index contributed by atoms with van der Waals surface area (Å²) >= 11 is 7.66. The van der Waals surface area contributed by atoms with Gasteiger partial charge in [-0.25, -0.2) is 0 Å². The third-order valence-corrected chi connectivity index (χ3v) is 6.59. The summed E-state index contributed by atoms with van der Waals surface area (Å²) in [5, 5.41) is 12.6. The molecule has 0 spiro atoms. The van der Waals surface area contributed by atoms with E-state index >= 15 is 0 Å². The first-order chi connectivity index (χ1) is 14.1. The maximum atomic E-state index is 12.2. The number of aromatic nitrogens is 2. The fourth-order valence-electron chi connectivity index (χ4n) is 4.12. The Morgan fingerprint density at radius 1 is 1.14 bits per heavy atom. The quantitative estimate of drug-likeness (QED) is 0.506. The Morgan fingerprint density at radius 3 is 2.72 bits per heavy atom. The summed E-state index contributed by atoms with van der Waals surface area (Å²) < 4.78 is 5.81. The highest BCUT2D eigenvalue weighted by Crippen LogP contribution is 2.33. The molecule has 0 radical (unpaired) electrons. The van der Waals surface area contributed by atoms with E-state index in [4.69, 9.17) is 11.6 Å². The summed E-state index contributed by atoms with van der Waals surface area (Å²) in [6, 6.07) is 13.0. The third kappa shape index (κ3) is 3.25. The number of H-pyrrole nitrogens is 1. The predicted molar refractivity (Wildman–Crippen MR) is 117 cm³/mol. The van der Waals surface area contributed by atoms with E-state index < -0.39 is 12.0 Å². The van der Waals surface area contributed by atoms with Gasteiger partial charge in [0.15, 0.2) is 0 Å². The number of hydrogen-bond donors (Lipinski definition) is 2. The lowest BCUT2D eigenvalue weighted by molar-refractivity contribution is -0.143. The number of hydrogen-bond acceptors (Lipinski definition) is 5. The molecule has 2 aromatic carbocycles. The average molecular weight is 427 g/mol. The van der Waals surface area contributed by atoms with Gasteiger partial charge in [-0.2, -0.15) is 4.37 Å². The molecule has 148 valence electrons. The molecule has 8 heteroatoms. The number of aromatic amines is 1. The predicted octanol–water partition coefficient (Wildman–Crippen LogP) is 4.38. The van der Waals surface area contributed by atoms with Gasteiger partial charge in [-0.1, -0.05) is 23.7 Å². The van der Waals surface area contributed by atoms with Gasteiger partial charge in [-0.15, -0.1) is 0 Å². The van der Waals surface area contributed by atoms with Gasteiger partial charge in [0.05, 0.1) is 4.70 Å². The van der Waals surface area contributed by atoms with Crippen LogP contribution in [-0.4, -0.2) is 51.5 Å². The number of aliphatic carboxylic acids is 1. The number of carbonyl (C=O) groups is 1. The Labute approximate surface area is 176 Å². The van der Waals surface area contributed by atoms with Gasteiger partial charge in [0, 0.05) is 59.3 Å². The highest BCUT2D eigenvalue weighted by molar-refractivity contribution is 7.13. The van der Waals surface area contributed by atoms with Crippen molar-refractivity contribution in [3.8, 4) is 0 Å². The molecule has 2 aromatic heterocycles. The van der Waals surface area contributed by atoms with E-state index in [9.17, 15) is 9.90 Å². The van der Waals surface area contributed by atoms with Crippen LogP contribution in [0.25, 0.3) is 21.0 Å². The molecular weight excluding hydrogens is 408 g/mol. The summed E-state index contributed by atoms with van der Waals surface area (Å²) in [7, 11) is 0. The zero-order chi connectivity index (χ0) is 20.0. The monoisotopic (exact) mass is 426 g/mol. The number of carboxylic acid groups (broad SMARTS) is 1. The van der Waals surface area contributed by atoms with Gasteiger partial charge in [0.1, 0.15) is 11.9 Å². The summed E-state index contributed by atoms with van der Waals surface area (Å²) in [5.74, 6) is 0.148. The molecular formula is C21H19ClN4O2S. The average Bonchev–Trinajstić information content (AvgIpc) is 3.33. The van der Waals surface area contributed by atoms with Gasteiger partial charge in [0.25, 0.3) is 0 Å². The van der Waals surface area contributed by atoms with Gasteiger partial charge in [-0.3, -0.25) is 9.69 Å². The molecule has 1 saturated heterocycles. The second kappa shape index (κ2) is 7.33. The lowest BCUT2D eigenvalue weighted by Gasteiger charge is -2.38. The van der Waals surface area contributed by atoms with Crippen LogP contribution in [0.2, 0.25) is 5.02 Å². The van der Waals surface area contributed by atoms with Gasteiger partial charge in [-0.05, 0) is 41.9 Å². The number of anilines is 1. The second-order valence-corrected chi connectivity index (χ2v) is 8.44. The zero-order valence-corrected chi connectivity index (χ0v) is 17.1. The molecule has 0 bridgehead atoms. The van der Waals surface area contributed by atoms with Crippen molar-refractivity contribution in [3.63, 3.8) is 0 Å². The smallest absolute Gasteiger partial charge is 0.325 e. The number of nitrogens with one attached hydrogen (secondary N) is 1. The summed E-state index contributed by atoms with van der Waals surface area (Å²) in [6.07, 6.45) is 1.79. The van der Waals surface area contributed by atoms with E-state index in [1.165, 1.54) is 16.2 Å². The van der Waals surface area contributed by atoms with Crippen molar-refractivity contribution in [2.45, 2.75) is 6.04 Å². The van der Waals surface area contributed by atoms with E-state index in [2.05, 4.69) is 26.4 Å². The van der Waals surface area contributed by atoms with E-state index in [1.54, 1.807) is 12.3 Å². The van der Waals surface area contributed by atoms with Crippen LogP contribution in [0.4, 0.5) is 5.82 Å². The lowest BCUT2D eigenvalue weighted by atomic mass is 10.0. The van der Waals surface area contributed by atoms with Crippen molar-refractivity contribution >= 4 is 55.9 Å². The number of fused-ring (bicyclic) bond motifs is 2. The van der Waals surface area contributed by atoms with Gasteiger partial charge in [0.2, 0.25) is 0 Å². The molecule has 1 fully saturated rings. The molecule has 3 heterocycles. The fourth-order valence-corrected chi connectivity index (χ4v) is 5.09. The first kappa shape index (κ1) is 18.4. The molecule has 0 aliphatic carbocycles. The van der Waals surface area contributed by atoms with Crippen LogP contribution in [0.1, 0.15) is 11.6 Å². The van der Waals surface area contributed by atoms with Crippen molar-refractivity contribution < 1.29 is 9.90 Å². The highest BCUT2D eigenvalue weighted by Gasteiger charge is 2.32. The summed E-state index contributed by atoms with van der Waals surface area (Å²) in [6.45, 7) is 2.77. The van der Waals surface area contributed by atoms with Crippen molar-refractivity contribution in [2.24, 2.45) is 0 Å². The number of halogens is 1. The standard InChI is InChI=1S/C21H19ClN4O2S/c22-13-5-6-17-15(11-13)16(12-23-17)19(21(27)28)25-7-9-26(10-8-25)20-14-3-1-2-4-18(14)29-24-20/h1-6,11-12,19,23H,7-10H2,(H,27,28)/t19-/m1/s1. The number of nitrogens with zero attached hydrogens (tertiary/aromatic N) is 3. The van der Waals surface area contributed by atoms with Crippen molar-refractivity contribution in [3.05, 3.63) is 59.2 Å². The maximum absolute atomic E-state index is 12.2. The van der Waals surface area contributed by atoms with Gasteiger partial charge >= 0.3 is 5.97 Å². The molecule has 1 aliphatic rings. The Hall–Kier alpha value is -2.61. The fraction of sp³-hybridized carbons (Fsp3) is 0.238. The molecule has 6 nitrogen and oxygen atoms in total. The largest absolute Gasteiger partial charge is 0.480 e. The minimum absolute atomic E-state index is 0.600. The minimum Gasteiger partial charge on any atom is -0.480 e. The molecule has 0 amide bonds. The van der Waals surface area contributed by atoms with Crippen LogP contribution in [0.5, 0.6) is 0 Å².